The third-order valence-corrected chi connectivity index (χ3v) is 8.15. The van der Waals surface area contributed by atoms with E-state index in [1.165, 1.54) is 34.9 Å². The standard InChI is InChI=1S/C20H28N4O2S3/c1-3-23(15-9-5-6-10-15)17(25)13-27-19-21-22-20(29-19)28-14-18(26)24(4-2)16-11-7-8-12-16/h9,11H,3-8,10,12-14H2,1-2H3. The van der Waals surface area contributed by atoms with Crippen molar-refractivity contribution in [3.63, 3.8) is 0 Å². The van der Waals surface area contributed by atoms with Crippen LogP contribution in [-0.2, 0) is 9.59 Å². The van der Waals surface area contributed by atoms with Crippen molar-refractivity contribution in [1.29, 1.82) is 0 Å². The summed E-state index contributed by atoms with van der Waals surface area (Å²) in [4.78, 5) is 28.9. The molecule has 9 heteroatoms. The quantitative estimate of drug-likeness (QED) is 0.485. The fraction of sp³-hybridized carbons (Fsp3) is 0.600. The Morgan fingerprint density at radius 1 is 0.897 bits per heavy atom. The van der Waals surface area contributed by atoms with Gasteiger partial charge in [0.1, 0.15) is 0 Å². The average Bonchev–Trinajstić information content (AvgIpc) is 3.48. The van der Waals surface area contributed by atoms with Crippen LogP contribution in [0.3, 0.4) is 0 Å². The minimum absolute atomic E-state index is 0.119. The first-order chi connectivity index (χ1) is 14.1. The van der Waals surface area contributed by atoms with Crippen molar-refractivity contribution >= 4 is 46.7 Å². The molecular weight excluding hydrogens is 424 g/mol. The summed E-state index contributed by atoms with van der Waals surface area (Å²) in [5.41, 5.74) is 2.31. The molecule has 0 bridgehead atoms. The highest BCUT2D eigenvalue weighted by Crippen LogP contribution is 2.30. The first kappa shape index (κ1) is 22.4. The molecule has 0 saturated carbocycles. The Morgan fingerprint density at radius 3 is 1.69 bits per heavy atom. The van der Waals surface area contributed by atoms with E-state index in [1.807, 2.05) is 23.6 Å². The highest BCUT2D eigenvalue weighted by molar-refractivity contribution is 8.03. The van der Waals surface area contributed by atoms with Crippen molar-refractivity contribution in [2.45, 2.75) is 61.1 Å². The normalized spacial score (nSPS) is 15.9. The molecule has 0 N–H and O–H groups in total. The molecule has 0 spiro atoms. The van der Waals surface area contributed by atoms with E-state index in [1.54, 1.807) is 0 Å². The third-order valence-electron chi connectivity index (χ3n) is 4.99. The van der Waals surface area contributed by atoms with Gasteiger partial charge in [-0.15, -0.1) is 10.2 Å². The zero-order valence-electron chi connectivity index (χ0n) is 17.1. The minimum Gasteiger partial charge on any atom is -0.316 e. The van der Waals surface area contributed by atoms with Crippen LogP contribution >= 0.6 is 34.9 Å². The first-order valence-electron chi connectivity index (χ1n) is 10.2. The van der Waals surface area contributed by atoms with Gasteiger partial charge in [0.15, 0.2) is 8.68 Å². The van der Waals surface area contributed by atoms with Crippen LogP contribution in [0.15, 0.2) is 32.2 Å². The number of allylic oxidation sites excluding steroid dienone is 4. The second-order valence-corrected chi connectivity index (χ2v) is 10.3. The second-order valence-electron chi connectivity index (χ2n) is 6.86. The molecule has 1 heterocycles. The maximum atomic E-state index is 12.6. The third kappa shape index (κ3) is 6.08. The summed E-state index contributed by atoms with van der Waals surface area (Å²) in [6.07, 6.45) is 10.7. The summed E-state index contributed by atoms with van der Waals surface area (Å²) in [7, 11) is 0. The van der Waals surface area contributed by atoms with Gasteiger partial charge in [0.2, 0.25) is 11.8 Å². The molecule has 2 aliphatic carbocycles. The van der Waals surface area contributed by atoms with Crippen molar-refractivity contribution < 1.29 is 9.59 Å². The molecule has 0 fully saturated rings. The molecule has 1 aromatic heterocycles. The highest BCUT2D eigenvalue weighted by atomic mass is 32.2. The number of carbonyl (C=O) groups excluding carboxylic acids is 2. The lowest BCUT2D eigenvalue weighted by Crippen LogP contribution is -2.31. The zero-order chi connectivity index (χ0) is 20.6. The van der Waals surface area contributed by atoms with E-state index in [9.17, 15) is 9.59 Å². The van der Waals surface area contributed by atoms with E-state index < -0.39 is 0 Å². The van der Waals surface area contributed by atoms with Crippen LogP contribution in [0.4, 0.5) is 0 Å². The molecule has 2 amide bonds. The molecule has 29 heavy (non-hydrogen) atoms. The van der Waals surface area contributed by atoms with Crippen molar-refractivity contribution in [2.75, 3.05) is 24.6 Å². The van der Waals surface area contributed by atoms with Gasteiger partial charge in [-0.05, 0) is 52.4 Å². The zero-order valence-corrected chi connectivity index (χ0v) is 19.5. The van der Waals surface area contributed by atoms with Gasteiger partial charge in [0.25, 0.3) is 0 Å². The van der Waals surface area contributed by atoms with E-state index in [-0.39, 0.29) is 11.8 Å². The smallest absolute Gasteiger partial charge is 0.237 e. The lowest BCUT2D eigenvalue weighted by molar-refractivity contribution is -0.127. The van der Waals surface area contributed by atoms with Gasteiger partial charge in [-0.2, -0.15) is 0 Å². The summed E-state index contributed by atoms with van der Waals surface area (Å²) in [6.45, 7) is 5.43. The number of amides is 2. The van der Waals surface area contributed by atoms with Crippen LogP contribution in [0.5, 0.6) is 0 Å². The molecule has 2 aliphatic rings. The number of thioether (sulfide) groups is 2. The van der Waals surface area contributed by atoms with Gasteiger partial charge in [0.05, 0.1) is 11.5 Å². The van der Waals surface area contributed by atoms with Gasteiger partial charge >= 0.3 is 0 Å². The van der Waals surface area contributed by atoms with Crippen LogP contribution in [0, 0.1) is 0 Å². The maximum Gasteiger partial charge on any atom is 0.237 e. The molecule has 0 aromatic carbocycles. The van der Waals surface area contributed by atoms with Gasteiger partial charge in [0, 0.05) is 24.5 Å². The van der Waals surface area contributed by atoms with Crippen molar-refractivity contribution in [3.8, 4) is 0 Å². The molecular formula is C20H28N4O2S3. The number of aromatic nitrogens is 2. The van der Waals surface area contributed by atoms with Crippen LogP contribution in [0.1, 0.15) is 52.4 Å². The molecule has 0 atom stereocenters. The molecule has 1 aromatic rings. The summed E-state index contributed by atoms with van der Waals surface area (Å²) in [5, 5.41) is 8.36. The van der Waals surface area contributed by atoms with Gasteiger partial charge < -0.3 is 9.80 Å². The molecule has 0 unspecified atom stereocenters. The van der Waals surface area contributed by atoms with Gasteiger partial charge in [-0.25, -0.2) is 0 Å². The van der Waals surface area contributed by atoms with E-state index in [0.717, 1.165) is 58.6 Å². The Bertz CT molecular complexity index is 728. The van der Waals surface area contributed by atoms with Crippen molar-refractivity contribution in [2.24, 2.45) is 0 Å². The van der Waals surface area contributed by atoms with E-state index in [4.69, 9.17) is 0 Å². The van der Waals surface area contributed by atoms with E-state index in [0.29, 0.717) is 24.6 Å². The minimum atomic E-state index is 0.119. The van der Waals surface area contributed by atoms with Crippen LogP contribution in [0.25, 0.3) is 0 Å². The summed E-state index contributed by atoms with van der Waals surface area (Å²) >= 11 is 4.30. The number of nitrogens with zero attached hydrogens (tertiary/aromatic N) is 4. The molecule has 3 rings (SSSR count). The number of hydrogen-bond donors (Lipinski definition) is 0. The van der Waals surface area contributed by atoms with Crippen LogP contribution < -0.4 is 0 Å². The van der Waals surface area contributed by atoms with Crippen LogP contribution in [-0.4, -0.2) is 56.4 Å². The Hall–Kier alpha value is -1.32. The van der Waals surface area contributed by atoms with Crippen molar-refractivity contribution in [3.05, 3.63) is 23.5 Å². The van der Waals surface area contributed by atoms with Crippen molar-refractivity contribution in [1.82, 2.24) is 20.0 Å². The summed E-state index contributed by atoms with van der Waals surface area (Å²) in [5.74, 6) is 0.963. The van der Waals surface area contributed by atoms with E-state index >= 15 is 0 Å². The molecule has 0 saturated heterocycles. The first-order valence-corrected chi connectivity index (χ1v) is 13.0. The Kier molecular flexibility index (Phi) is 8.62. The fourth-order valence-corrected chi connectivity index (χ4v) is 6.37. The highest BCUT2D eigenvalue weighted by Gasteiger charge is 2.21. The SMILES string of the molecule is CCN(C(=O)CSc1nnc(SCC(=O)N(CC)C2=CCCC2)s1)C1=CCCC1. The molecule has 158 valence electrons. The maximum absolute atomic E-state index is 12.6. The second kappa shape index (κ2) is 11.2. The predicted molar refractivity (Wildman–Crippen MR) is 120 cm³/mol. The lowest BCUT2D eigenvalue weighted by Gasteiger charge is -2.21. The summed E-state index contributed by atoms with van der Waals surface area (Å²) < 4.78 is 1.55. The Morgan fingerprint density at radius 2 is 1.34 bits per heavy atom. The molecule has 0 radical (unpaired) electrons. The number of carbonyl (C=O) groups is 2. The Labute approximate surface area is 185 Å². The predicted octanol–water partition coefficient (Wildman–Crippen LogP) is 4.55. The lowest BCUT2D eigenvalue weighted by atomic mass is 10.3. The van der Waals surface area contributed by atoms with Gasteiger partial charge in [-0.3, -0.25) is 9.59 Å². The monoisotopic (exact) mass is 452 g/mol. The van der Waals surface area contributed by atoms with Crippen LogP contribution in [0.2, 0.25) is 0 Å². The number of hydrogen-bond acceptors (Lipinski definition) is 7. The topological polar surface area (TPSA) is 66.4 Å². The number of rotatable bonds is 10. The summed E-state index contributed by atoms with van der Waals surface area (Å²) in [6, 6.07) is 0. The fourth-order valence-electron chi connectivity index (χ4n) is 3.59. The average molecular weight is 453 g/mol. The Balaban J connectivity index is 1.46. The molecule has 6 nitrogen and oxygen atoms in total. The molecule has 0 aliphatic heterocycles. The largest absolute Gasteiger partial charge is 0.316 e. The van der Waals surface area contributed by atoms with Gasteiger partial charge in [-0.1, -0.05) is 47.0 Å². The van der Waals surface area contributed by atoms with E-state index in [2.05, 4.69) is 22.3 Å².